The molecular formula is C20H21N3O3. The zero-order valence-corrected chi connectivity index (χ0v) is 14.9. The molecule has 3 rings (SSSR count). The number of aromatic nitrogens is 2. The Hall–Kier alpha value is -3.15. The van der Waals surface area contributed by atoms with E-state index in [0.29, 0.717) is 31.2 Å². The molecule has 2 aromatic carbocycles. The molecule has 0 radical (unpaired) electrons. The van der Waals surface area contributed by atoms with E-state index in [1.165, 1.54) is 0 Å². The van der Waals surface area contributed by atoms with E-state index in [9.17, 15) is 4.79 Å². The minimum absolute atomic E-state index is 0.0276. The van der Waals surface area contributed by atoms with Gasteiger partial charge in [0.05, 0.1) is 7.11 Å². The number of benzene rings is 2. The molecule has 1 heterocycles. The molecule has 0 aliphatic rings. The Balaban J connectivity index is 1.65. The van der Waals surface area contributed by atoms with Crippen LogP contribution in [0.15, 0.2) is 59.0 Å². The molecule has 6 nitrogen and oxygen atoms in total. The van der Waals surface area contributed by atoms with E-state index in [2.05, 4.69) is 10.2 Å². The van der Waals surface area contributed by atoms with Gasteiger partial charge in [-0.3, -0.25) is 4.79 Å². The number of methoxy groups -OCH3 is 1. The average molecular weight is 351 g/mol. The predicted octanol–water partition coefficient (Wildman–Crippen LogP) is 3.73. The minimum atomic E-state index is 0.0276. The fraction of sp³-hybridized carbons (Fsp3) is 0.250. The van der Waals surface area contributed by atoms with Crippen molar-refractivity contribution < 1.29 is 13.9 Å². The summed E-state index contributed by atoms with van der Waals surface area (Å²) in [6.45, 7) is 2.57. The molecule has 0 atom stereocenters. The lowest BCUT2D eigenvalue weighted by Gasteiger charge is -2.20. The van der Waals surface area contributed by atoms with Gasteiger partial charge < -0.3 is 14.1 Å². The van der Waals surface area contributed by atoms with Gasteiger partial charge in [0.1, 0.15) is 5.75 Å². The predicted molar refractivity (Wildman–Crippen MR) is 99.1 cm³/mol. The molecule has 0 spiro atoms. The fourth-order valence-corrected chi connectivity index (χ4v) is 2.69. The summed E-state index contributed by atoms with van der Waals surface area (Å²) in [5.74, 6) is 1.61. The number of para-hydroxylation sites is 1. The molecule has 0 unspecified atom stereocenters. The number of nitrogens with zero attached hydrogens (tertiary/aromatic N) is 3. The van der Waals surface area contributed by atoms with Crippen LogP contribution in [0.25, 0.3) is 11.5 Å². The second-order valence-corrected chi connectivity index (χ2v) is 5.71. The topological polar surface area (TPSA) is 68.5 Å². The lowest BCUT2D eigenvalue weighted by atomic mass is 10.2. The molecule has 0 N–H and O–H groups in total. The second-order valence-electron chi connectivity index (χ2n) is 5.71. The quantitative estimate of drug-likeness (QED) is 0.649. The first-order valence-corrected chi connectivity index (χ1v) is 8.53. The van der Waals surface area contributed by atoms with Gasteiger partial charge in [-0.1, -0.05) is 24.3 Å². The van der Waals surface area contributed by atoms with Crippen LogP contribution >= 0.6 is 0 Å². The summed E-state index contributed by atoms with van der Waals surface area (Å²) in [6, 6.07) is 17.0. The van der Waals surface area contributed by atoms with Crippen LogP contribution in [0.3, 0.4) is 0 Å². The molecule has 3 aromatic rings. The second kappa shape index (κ2) is 8.29. The highest BCUT2D eigenvalue weighted by Gasteiger charge is 2.16. The third-order valence-electron chi connectivity index (χ3n) is 4.02. The lowest BCUT2D eigenvalue weighted by Crippen LogP contribution is -2.30. The van der Waals surface area contributed by atoms with Gasteiger partial charge in [0.2, 0.25) is 17.7 Å². The van der Waals surface area contributed by atoms with Gasteiger partial charge in [-0.2, -0.15) is 0 Å². The Bertz CT molecular complexity index is 862. The van der Waals surface area contributed by atoms with Crippen molar-refractivity contribution in [1.82, 2.24) is 10.2 Å². The maximum atomic E-state index is 12.5. The molecule has 0 fully saturated rings. The summed E-state index contributed by atoms with van der Waals surface area (Å²) < 4.78 is 10.9. The first-order chi connectivity index (χ1) is 12.7. The minimum Gasteiger partial charge on any atom is -0.497 e. The standard InChI is InChI=1S/C20H21N3O3/c1-3-23(16-9-5-4-6-10-16)19(24)13-12-18-21-22-20(26-18)15-8-7-11-17(14-15)25-2/h4-11,14H,3,12-13H2,1-2H3. The summed E-state index contributed by atoms with van der Waals surface area (Å²) in [6.07, 6.45) is 0.710. The number of hydrogen-bond donors (Lipinski definition) is 0. The Morgan fingerprint density at radius 1 is 1.12 bits per heavy atom. The van der Waals surface area contributed by atoms with Gasteiger partial charge >= 0.3 is 0 Å². The Labute approximate surface area is 152 Å². The number of aryl methyl sites for hydroxylation is 1. The number of hydrogen-bond acceptors (Lipinski definition) is 5. The van der Waals surface area contributed by atoms with Gasteiger partial charge in [-0.15, -0.1) is 10.2 Å². The summed E-state index contributed by atoms with van der Waals surface area (Å²) in [4.78, 5) is 14.3. The molecule has 0 aliphatic carbocycles. The molecule has 0 bridgehead atoms. The monoisotopic (exact) mass is 351 g/mol. The van der Waals surface area contributed by atoms with Crippen molar-refractivity contribution >= 4 is 11.6 Å². The van der Waals surface area contributed by atoms with E-state index < -0.39 is 0 Å². The summed E-state index contributed by atoms with van der Waals surface area (Å²) in [5.41, 5.74) is 1.68. The zero-order chi connectivity index (χ0) is 18.4. The van der Waals surface area contributed by atoms with Gasteiger partial charge in [0, 0.05) is 30.6 Å². The van der Waals surface area contributed by atoms with Crippen molar-refractivity contribution in [3.63, 3.8) is 0 Å². The fourth-order valence-electron chi connectivity index (χ4n) is 2.69. The number of carbonyl (C=O) groups excluding carboxylic acids is 1. The van der Waals surface area contributed by atoms with Gasteiger partial charge in [-0.05, 0) is 37.3 Å². The molecule has 6 heteroatoms. The van der Waals surface area contributed by atoms with Crippen molar-refractivity contribution in [2.45, 2.75) is 19.8 Å². The Kier molecular flexibility index (Phi) is 5.63. The van der Waals surface area contributed by atoms with E-state index in [1.807, 2.05) is 61.5 Å². The molecule has 1 amide bonds. The number of carbonyl (C=O) groups is 1. The summed E-state index contributed by atoms with van der Waals surface area (Å²) in [5, 5.41) is 8.12. The maximum absolute atomic E-state index is 12.5. The van der Waals surface area contributed by atoms with E-state index in [0.717, 1.165) is 17.0 Å². The third-order valence-corrected chi connectivity index (χ3v) is 4.02. The van der Waals surface area contributed by atoms with Crippen LogP contribution in [-0.2, 0) is 11.2 Å². The molecule has 0 saturated carbocycles. The van der Waals surface area contributed by atoms with E-state index in [4.69, 9.17) is 9.15 Å². The van der Waals surface area contributed by atoms with Crippen molar-refractivity contribution in [2.24, 2.45) is 0 Å². The molecule has 26 heavy (non-hydrogen) atoms. The first-order valence-electron chi connectivity index (χ1n) is 8.53. The lowest BCUT2D eigenvalue weighted by molar-refractivity contribution is -0.118. The van der Waals surface area contributed by atoms with Crippen LogP contribution in [0.1, 0.15) is 19.2 Å². The SMILES string of the molecule is CCN(C(=O)CCc1nnc(-c2cccc(OC)c2)o1)c1ccccc1. The maximum Gasteiger partial charge on any atom is 0.247 e. The van der Waals surface area contributed by atoms with Gasteiger partial charge in [0.25, 0.3) is 0 Å². The Morgan fingerprint density at radius 3 is 2.65 bits per heavy atom. The summed E-state index contributed by atoms with van der Waals surface area (Å²) in [7, 11) is 1.61. The normalized spacial score (nSPS) is 10.5. The molecule has 0 aliphatic heterocycles. The Morgan fingerprint density at radius 2 is 1.92 bits per heavy atom. The highest BCUT2D eigenvalue weighted by Crippen LogP contribution is 2.23. The molecular weight excluding hydrogens is 330 g/mol. The van der Waals surface area contributed by atoms with Crippen LogP contribution < -0.4 is 9.64 Å². The van der Waals surface area contributed by atoms with Crippen LogP contribution in [0.5, 0.6) is 5.75 Å². The van der Waals surface area contributed by atoms with Crippen molar-refractivity contribution in [3.05, 3.63) is 60.5 Å². The third kappa shape index (κ3) is 4.08. The molecule has 0 saturated heterocycles. The highest BCUT2D eigenvalue weighted by atomic mass is 16.5. The number of rotatable bonds is 7. The average Bonchev–Trinajstić information content (AvgIpc) is 3.17. The summed E-state index contributed by atoms with van der Waals surface area (Å²) >= 11 is 0. The van der Waals surface area contributed by atoms with E-state index in [-0.39, 0.29) is 5.91 Å². The first kappa shape index (κ1) is 17.7. The number of anilines is 1. The smallest absolute Gasteiger partial charge is 0.247 e. The number of amides is 1. The van der Waals surface area contributed by atoms with Crippen LogP contribution in [0, 0.1) is 0 Å². The van der Waals surface area contributed by atoms with Crippen LogP contribution in [0.2, 0.25) is 0 Å². The van der Waals surface area contributed by atoms with Crippen LogP contribution in [0.4, 0.5) is 5.69 Å². The highest BCUT2D eigenvalue weighted by molar-refractivity contribution is 5.93. The zero-order valence-electron chi connectivity index (χ0n) is 14.9. The largest absolute Gasteiger partial charge is 0.497 e. The molecule has 134 valence electrons. The van der Waals surface area contributed by atoms with Crippen LogP contribution in [-0.4, -0.2) is 29.8 Å². The van der Waals surface area contributed by atoms with Crippen molar-refractivity contribution in [1.29, 1.82) is 0 Å². The van der Waals surface area contributed by atoms with Crippen molar-refractivity contribution in [3.8, 4) is 17.2 Å². The van der Waals surface area contributed by atoms with Gasteiger partial charge in [-0.25, -0.2) is 0 Å². The molecule has 1 aromatic heterocycles. The number of ether oxygens (including phenoxy) is 1. The van der Waals surface area contributed by atoms with Gasteiger partial charge in [0.15, 0.2) is 0 Å². The van der Waals surface area contributed by atoms with E-state index in [1.54, 1.807) is 12.0 Å². The van der Waals surface area contributed by atoms with Crippen molar-refractivity contribution in [2.75, 3.05) is 18.6 Å². The van der Waals surface area contributed by atoms with E-state index >= 15 is 0 Å².